The van der Waals surface area contributed by atoms with E-state index in [0.29, 0.717) is 17.8 Å². The molecule has 3 fully saturated rings. The normalized spacial score (nSPS) is 47.8. The van der Waals surface area contributed by atoms with Crippen molar-refractivity contribution in [2.75, 3.05) is 6.61 Å². The van der Waals surface area contributed by atoms with E-state index in [1.54, 1.807) is 0 Å². The Morgan fingerprint density at radius 1 is 1.06 bits per heavy atom. The third-order valence-corrected chi connectivity index (χ3v) is 5.73. The van der Waals surface area contributed by atoms with Crippen molar-refractivity contribution in [3.63, 3.8) is 0 Å². The SMILES string of the molecule is CC1CC(C)CC(O)(C2CCOC3(CCC3)C2)C1. The van der Waals surface area contributed by atoms with Crippen molar-refractivity contribution in [2.24, 2.45) is 17.8 Å². The van der Waals surface area contributed by atoms with Gasteiger partial charge in [-0.25, -0.2) is 0 Å². The Morgan fingerprint density at radius 3 is 2.28 bits per heavy atom. The van der Waals surface area contributed by atoms with E-state index in [2.05, 4.69) is 13.8 Å². The molecule has 3 aliphatic rings. The highest BCUT2D eigenvalue weighted by molar-refractivity contribution is 5.01. The number of aliphatic hydroxyl groups is 1. The van der Waals surface area contributed by atoms with Crippen molar-refractivity contribution in [3.05, 3.63) is 0 Å². The summed E-state index contributed by atoms with van der Waals surface area (Å²) in [5, 5.41) is 11.1. The summed E-state index contributed by atoms with van der Waals surface area (Å²) in [6.45, 7) is 5.48. The molecule has 3 rings (SSSR count). The van der Waals surface area contributed by atoms with Crippen LogP contribution in [0.5, 0.6) is 0 Å². The standard InChI is InChI=1S/C16H28O2/c1-12-8-13(2)10-16(17,9-12)14-4-7-18-15(11-14)5-3-6-15/h12-14,17H,3-11H2,1-2H3. The zero-order chi connectivity index (χ0) is 12.8. The van der Waals surface area contributed by atoms with E-state index in [0.717, 1.165) is 32.3 Å². The average molecular weight is 252 g/mol. The number of hydrogen-bond acceptors (Lipinski definition) is 2. The first kappa shape index (κ1) is 12.9. The predicted octanol–water partition coefficient (Wildman–Crippen LogP) is 3.52. The minimum absolute atomic E-state index is 0.169. The summed E-state index contributed by atoms with van der Waals surface area (Å²) in [7, 11) is 0. The topological polar surface area (TPSA) is 29.5 Å². The van der Waals surface area contributed by atoms with Gasteiger partial charge >= 0.3 is 0 Å². The summed E-state index contributed by atoms with van der Waals surface area (Å²) in [6.07, 6.45) is 9.26. The van der Waals surface area contributed by atoms with E-state index in [1.165, 1.54) is 25.7 Å². The molecule has 2 nitrogen and oxygen atoms in total. The van der Waals surface area contributed by atoms with Gasteiger partial charge in [0.1, 0.15) is 0 Å². The molecule has 2 heteroatoms. The van der Waals surface area contributed by atoms with Crippen LogP contribution in [-0.4, -0.2) is 22.9 Å². The minimum atomic E-state index is -0.399. The van der Waals surface area contributed by atoms with Gasteiger partial charge in [0.25, 0.3) is 0 Å². The van der Waals surface area contributed by atoms with Gasteiger partial charge in [0.15, 0.2) is 0 Å². The predicted molar refractivity (Wildman–Crippen MR) is 72.4 cm³/mol. The lowest BCUT2D eigenvalue weighted by atomic mass is 9.62. The summed E-state index contributed by atoms with van der Waals surface area (Å²) >= 11 is 0. The average Bonchev–Trinajstić information content (AvgIpc) is 2.25. The van der Waals surface area contributed by atoms with Gasteiger partial charge in [-0.15, -0.1) is 0 Å². The Kier molecular flexibility index (Phi) is 3.22. The summed E-state index contributed by atoms with van der Waals surface area (Å²) in [5.41, 5.74) is -0.230. The molecule has 0 aromatic rings. The molecule has 0 amide bonds. The molecule has 1 spiro atoms. The zero-order valence-corrected chi connectivity index (χ0v) is 12.0. The summed E-state index contributed by atoms with van der Waals surface area (Å²) in [6, 6.07) is 0. The lowest BCUT2D eigenvalue weighted by Gasteiger charge is -2.53. The molecule has 1 N–H and O–H groups in total. The van der Waals surface area contributed by atoms with Crippen LogP contribution in [0.1, 0.15) is 65.2 Å². The Labute approximate surface area is 111 Å². The first-order chi connectivity index (χ1) is 8.51. The molecule has 1 aliphatic heterocycles. The van der Waals surface area contributed by atoms with Crippen LogP contribution in [0.25, 0.3) is 0 Å². The highest BCUT2D eigenvalue weighted by Gasteiger charge is 2.50. The summed E-state index contributed by atoms with van der Waals surface area (Å²) in [5.74, 6) is 1.84. The van der Waals surface area contributed by atoms with Crippen LogP contribution in [0.4, 0.5) is 0 Å². The van der Waals surface area contributed by atoms with Gasteiger partial charge in [-0.3, -0.25) is 0 Å². The van der Waals surface area contributed by atoms with Crippen molar-refractivity contribution in [1.82, 2.24) is 0 Å². The van der Waals surface area contributed by atoms with Crippen molar-refractivity contribution >= 4 is 0 Å². The summed E-state index contributed by atoms with van der Waals surface area (Å²) < 4.78 is 6.01. The highest BCUT2D eigenvalue weighted by Crippen LogP contribution is 2.50. The molecule has 1 heterocycles. The molecule has 0 bridgehead atoms. The maximum atomic E-state index is 11.1. The number of ether oxygens (including phenoxy) is 1. The van der Waals surface area contributed by atoms with Gasteiger partial charge < -0.3 is 9.84 Å². The van der Waals surface area contributed by atoms with Crippen molar-refractivity contribution in [1.29, 1.82) is 0 Å². The van der Waals surface area contributed by atoms with E-state index in [-0.39, 0.29) is 5.60 Å². The van der Waals surface area contributed by atoms with E-state index in [4.69, 9.17) is 4.74 Å². The Hall–Kier alpha value is -0.0800. The Morgan fingerprint density at radius 2 is 1.72 bits per heavy atom. The molecule has 104 valence electrons. The monoisotopic (exact) mass is 252 g/mol. The van der Waals surface area contributed by atoms with Crippen molar-refractivity contribution < 1.29 is 9.84 Å². The van der Waals surface area contributed by atoms with E-state index in [1.807, 2.05) is 0 Å². The van der Waals surface area contributed by atoms with Crippen LogP contribution >= 0.6 is 0 Å². The molecule has 18 heavy (non-hydrogen) atoms. The van der Waals surface area contributed by atoms with Crippen molar-refractivity contribution in [2.45, 2.75) is 76.4 Å². The molecule has 2 aliphatic carbocycles. The molecule has 3 unspecified atom stereocenters. The lowest BCUT2D eigenvalue weighted by molar-refractivity contribution is -0.186. The maximum Gasteiger partial charge on any atom is 0.0686 e. The van der Waals surface area contributed by atoms with Crippen LogP contribution in [0.3, 0.4) is 0 Å². The third kappa shape index (κ3) is 2.22. The van der Waals surface area contributed by atoms with Crippen LogP contribution in [0.2, 0.25) is 0 Å². The lowest BCUT2D eigenvalue weighted by Crippen LogP contribution is -2.53. The van der Waals surface area contributed by atoms with Gasteiger partial charge in [0, 0.05) is 6.61 Å². The second kappa shape index (κ2) is 4.49. The molecular weight excluding hydrogens is 224 g/mol. The highest BCUT2D eigenvalue weighted by atomic mass is 16.5. The molecule has 0 aromatic heterocycles. The van der Waals surface area contributed by atoms with Crippen LogP contribution < -0.4 is 0 Å². The van der Waals surface area contributed by atoms with Crippen LogP contribution in [0, 0.1) is 17.8 Å². The number of hydrogen-bond donors (Lipinski definition) is 1. The first-order valence-electron chi connectivity index (χ1n) is 7.88. The maximum absolute atomic E-state index is 11.1. The molecule has 0 aromatic carbocycles. The fraction of sp³-hybridized carbons (Fsp3) is 1.00. The van der Waals surface area contributed by atoms with Gasteiger partial charge in [-0.2, -0.15) is 0 Å². The largest absolute Gasteiger partial charge is 0.390 e. The summed E-state index contributed by atoms with van der Waals surface area (Å²) in [4.78, 5) is 0. The van der Waals surface area contributed by atoms with E-state index >= 15 is 0 Å². The van der Waals surface area contributed by atoms with E-state index in [9.17, 15) is 5.11 Å². The minimum Gasteiger partial charge on any atom is -0.390 e. The molecule has 0 radical (unpaired) electrons. The van der Waals surface area contributed by atoms with Gasteiger partial charge in [0.2, 0.25) is 0 Å². The van der Waals surface area contributed by atoms with Crippen LogP contribution in [-0.2, 0) is 4.74 Å². The Bertz CT molecular complexity index is 298. The fourth-order valence-corrected chi connectivity index (χ4v) is 4.88. The third-order valence-electron chi connectivity index (χ3n) is 5.73. The van der Waals surface area contributed by atoms with Crippen LogP contribution in [0.15, 0.2) is 0 Å². The second-order valence-electron chi connectivity index (χ2n) is 7.53. The second-order valence-corrected chi connectivity index (χ2v) is 7.53. The van der Waals surface area contributed by atoms with Gasteiger partial charge in [0.05, 0.1) is 11.2 Å². The molecule has 3 atom stereocenters. The smallest absolute Gasteiger partial charge is 0.0686 e. The Balaban J connectivity index is 1.72. The molecule has 2 saturated carbocycles. The first-order valence-corrected chi connectivity index (χ1v) is 7.88. The fourth-order valence-electron chi connectivity index (χ4n) is 4.88. The van der Waals surface area contributed by atoms with Gasteiger partial charge in [-0.1, -0.05) is 13.8 Å². The number of rotatable bonds is 1. The molecule has 1 saturated heterocycles. The quantitative estimate of drug-likeness (QED) is 0.773. The van der Waals surface area contributed by atoms with Gasteiger partial charge in [-0.05, 0) is 69.1 Å². The van der Waals surface area contributed by atoms with E-state index < -0.39 is 5.60 Å². The van der Waals surface area contributed by atoms with Crippen molar-refractivity contribution in [3.8, 4) is 0 Å². The molecular formula is C16H28O2. The zero-order valence-electron chi connectivity index (χ0n) is 12.0.